The molecule has 0 heterocycles. The lowest BCUT2D eigenvalue weighted by Crippen LogP contribution is -2.19. The fraction of sp³-hybridized carbons (Fsp3) is 1.00. The molecule has 1 aliphatic rings. The molecule has 1 aliphatic carbocycles. The van der Waals surface area contributed by atoms with Gasteiger partial charge in [0, 0.05) is 0 Å². The van der Waals surface area contributed by atoms with Crippen LogP contribution in [0, 0.1) is 5.41 Å². The minimum absolute atomic E-state index is 0.708. The van der Waals surface area contributed by atoms with Crippen molar-refractivity contribution in [1.82, 2.24) is 0 Å². The molecule has 1 saturated carbocycles. The lowest BCUT2D eigenvalue weighted by molar-refractivity contribution is 0.201. The molecular formula is C16H32. The number of hydrogen-bond acceptors (Lipinski definition) is 0. The molecule has 0 aromatic carbocycles. The third-order valence-corrected chi connectivity index (χ3v) is 4.91. The van der Waals surface area contributed by atoms with E-state index in [9.17, 15) is 0 Å². The molecule has 0 aliphatic heterocycles. The van der Waals surface area contributed by atoms with Gasteiger partial charge in [-0.15, -0.1) is 0 Å². The van der Waals surface area contributed by atoms with Gasteiger partial charge in [-0.2, -0.15) is 0 Å². The van der Waals surface area contributed by atoms with Gasteiger partial charge in [-0.3, -0.25) is 0 Å². The van der Waals surface area contributed by atoms with Gasteiger partial charge in [0.2, 0.25) is 0 Å². The highest BCUT2D eigenvalue weighted by Gasteiger charge is 2.24. The first-order valence-corrected chi connectivity index (χ1v) is 7.83. The fourth-order valence-corrected chi connectivity index (χ4v) is 3.32. The maximum Gasteiger partial charge on any atom is -0.0303 e. The molecule has 0 N–H and O–H groups in total. The van der Waals surface area contributed by atoms with Crippen molar-refractivity contribution in [3.8, 4) is 0 Å². The van der Waals surface area contributed by atoms with Crippen molar-refractivity contribution in [3.05, 3.63) is 0 Å². The molecule has 1 fully saturated rings. The van der Waals surface area contributed by atoms with E-state index in [0.717, 1.165) is 0 Å². The zero-order valence-electron chi connectivity index (χ0n) is 11.7. The second-order valence-electron chi connectivity index (χ2n) is 5.89. The molecule has 0 radical (unpaired) electrons. The monoisotopic (exact) mass is 224 g/mol. The van der Waals surface area contributed by atoms with E-state index in [0.29, 0.717) is 5.41 Å². The van der Waals surface area contributed by atoms with Crippen molar-refractivity contribution in [2.24, 2.45) is 5.41 Å². The first kappa shape index (κ1) is 14.1. The Morgan fingerprint density at radius 3 is 1.19 bits per heavy atom. The van der Waals surface area contributed by atoms with E-state index < -0.39 is 0 Å². The lowest BCUT2D eigenvalue weighted by atomic mass is 9.73. The molecular weight excluding hydrogens is 192 g/mol. The van der Waals surface area contributed by atoms with E-state index in [1.54, 1.807) is 0 Å². The van der Waals surface area contributed by atoms with Gasteiger partial charge in [0.15, 0.2) is 0 Å². The molecule has 0 aromatic heterocycles. The Morgan fingerprint density at radius 1 is 0.562 bits per heavy atom. The van der Waals surface area contributed by atoms with Crippen LogP contribution in [0.2, 0.25) is 0 Å². The highest BCUT2D eigenvalue weighted by Crippen LogP contribution is 2.38. The predicted molar refractivity (Wildman–Crippen MR) is 73.8 cm³/mol. The average molecular weight is 224 g/mol. The normalized spacial score (nSPS) is 24.4. The molecule has 16 heavy (non-hydrogen) atoms. The molecule has 0 unspecified atom stereocenters. The maximum atomic E-state index is 2.41. The predicted octanol–water partition coefficient (Wildman–Crippen LogP) is 6.10. The summed E-state index contributed by atoms with van der Waals surface area (Å²) in [6.45, 7) is 4.82. The quantitative estimate of drug-likeness (QED) is 0.532. The SMILES string of the molecule is CCC1(CC)CCCCCCCCCCC1. The van der Waals surface area contributed by atoms with Crippen LogP contribution in [0.3, 0.4) is 0 Å². The summed E-state index contributed by atoms with van der Waals surface area (Å²) >= 11 is 0. The molecule has 0 aromatic rings. The van der Waals surface area contributed by atoms with Gasteiger partial charge in [-0.1, -0.05) is 84.5 Å². The van der Waals surface area contributed by atoms with Gasteiger partial charge in [0.05, 0.1) is 0 Å². The van der Waals surface area contributed by atoms with E-state index in [1.807, 2.05) is 0 Å². The van der Waals surface area contributed by atoms with Crippen LogP contribution in [0.15, 0.2) is 0 Å². The highest BCUT2D eigenvalue weighted by atomic mass is 14.3. The van der Waals surface area contributed by atoms with E-state index in [4.69, 9.17) is 0 Å². The summed E-state index contributed by atoms with van der Waals surface area (Å²) in [4.78, 5) is 0. The summed E-state index contributed by atoms with van der Waals surface area (Å²) in [5.41, 5.74) is 0.708. The molecule has 1 rings (SSSR count). The van der Waals surface area contributed by atoms with Gasteiger partial charge in [-0.05, 0) is 18.3 Å². The molecule has 0 heteroatoms. The average Bonchev–Trinajstić information content (AvgIpc) is 2.31. The third-order valence-electron chi connectivity index (χ3n) is 4.91. The van der Waals surface area contributed by atoms with Crippen LogP contribution in [-0.2, 0) is 0 Å². The Bertz CT molecular complexity index is 141. The molecule has 0 saturated heterocycles. The summed E-state index contributed by atoms with van der Waals surface area (Å²) in [5.74, 6) is 0. The van der Waals surface area contributed by atoms with Crippen molar-refractivity contribution in [3.63, 3.8) is 0 Å². The molecule has 0 atom stereocenters. The van der Waals surface area contributed by atoms with Crippen LogP contribution < -0.4 is 0 Å². The van der Waals surface area contributed by atoms with Gasteiger partial charge in [0.25, 0.3) is 0 Å². The summed E-state index contributed by atoms with van der Waals surface area (Å²) in [6.07, 6.45) is 19.2. The smallest absolute Gasteiger partial charge is 0.0303 e. The van der Waals surface area contributed by atoms with Crippen molar-refractivity contribution < 1.29 is 0 Å². The van der Waals surface area contributed by atoms with E-state index in [2.05, 4.69) is 13.8 Å². The topological polar surface area (TPSA) is 0 Å². The van der Waals surface area contributed by atoms with Gasteiger partial charge >= 0.3 is 0 Å². The Hall–Kier alpha value is 0. The summed E-state index contributed by atoms with van der Waals surface area (Å²) in [5, 5.41) is 0. The summed E-state index contributed by atoms with van der Waals surface area (Å²) in [7, 11) is 0. The Kier molecular flexibility index (Phi) is 7.16. The second-order valence-corrected chi connectivity index (χ2v) is 5.89. The van der Waals surface area contributed by atoms with E-state index in [1.165, 1.54) is 83.5 Å². The van der Waals surface area contributed by atoms with Crippen LogP contribution in [0.4, 0.5) is 0 Å². The standard InChI is InChI=1S/C16H32/c1-3-16(4-2)14-12-10-8-6-5-7-9-11-13-15-16/h3-15H2,1-2H3. The van der Waals surface area contributed by atoms with Crippen LogP contribution in [0.5, 0.6) is 0 Å². The third kappa shape index (κ3) is 4.89. The highest BCUT2D eigenvalue weighted by molar-refractivity contribution is 4.76. The summed E-state index contributed by atoms with van der Waals surface area (Å²) < 4.78 is 0. The summed E-state index contributed by atoms with van der Waals surface area (Å²) in [6, 6.07) is 0. The number of rotatable bonds is 2. The zero-order valence-corrected chi connectivity index (χ0v) is 11.7. The Balaban J connectivity index is 2.41. The lowest BCUT2D eigenvalue weighted by Gasteiger charge is -2.32. The Labute approximate surface area is 103 Å². The van der Waals surface area contributed by atoms with E-state index in [-0.39, 0.29) is 0 Å². The first-order chi connectivity index (χ1) is 7.83. The second kappa shape index (κ2) is 8.14. The molecule has 0 bridgehead atoms. The Morgan fingerprint density at radius 2 is 0.875 bits per heavy atom. The first-order valence-electron chi connectivity index (χ1n) is 7.83. The minimum atomic E-state index is 0.708. The van der Waals surface area contributed by atoms with Crippen LogP contribution in [0.25, 0.3) is 0 Å². The number of hydrogen-bond donors (Lipinski definition) is 0. The largest absolute Gasteiger partial charge is 0.0649 e. The van der Waals surface area contributed by atoms with Crippen molar-refractivity contribution in [1.29, 1.82) is 0 Å². The molecule has 0 spiro atoms. The molecule has 96 valence electrons. The minimum Gasteiger partial charge on any atom is -0.0649 e. The van der Waals surface area contributed by atoms with Crippen LogP contribution in [-0.4, -0.2) is 0 Å². The van der Waals surface area contributed by atoms with Gasteiger partial charge < -0.3 is 0 Å². The van der Waals surface area contributed by atoms with Crippen molar-refractivity contribution in [2.75, 3.05) is 0 Å². The van der Waals surface area contributed by atoms with E-state index >= 15 is 0 Å². The zero-order chi connectivity index (χ0) is 11.7. The van der Waals surface area contributed by atoms with Crippen LogP contribution in [0.1, 0.15) is 97.3 Å². The molecule has 0 nitrogen and oxygen atoms in total. The molecule has 0 amide bonds. The van der Waals surface area contributed by atoms with Crippen LogP contribution >= 0.6 is 0 Å². The van der Waals surface area contributed by atoms with Crippen molar-refractivity contribution >= 4 is 0 Å². The van der Waals surface area contributed by atoms with Crippen molar-refractivity contribution in [2.45, 2.75) is 97.3 Å². The van der Waals surface area contributed by atoms with Gasteiger partial charge in [0.1, 0.15) is 0 Å². The fourth-order valence-electron chi connectivity index (χ4n) is 3.32. The maximum absolute atomic E-state index is 2.41. The van der Waals surface area contributed by atoms with Gasteiger partial charge in [-0.25, -0.2) is 0 Å².